The van der Waals surface area contributed by atoms with Gasteiger partial charge in [-0.1, -0.05) is 0 Å². The van der Waals surface area contributed by atoms with E-state index in [1.165, 1.54) is 17.0 Å². The van der Waals surface area contributed by atoms with Crippen molar-refractivity contribution in [1.29, 1.82) is 0 Å². The molecule has 0 radical (unpaired) electrons. The van der Waals surface area contributed by atoms with Crippen LogP contribution in [0.3, 0.4) is 0 Å². The summed E-state index contributed by atoms with van der Waals surface area (Å²) in [5.41, 5.74) is 1.95. The van der Waals surface area contributed by atoms with Crippen molar-refractivity contribution in [2.45, 2.75) is 19.0 Å². The molecular formula is C13H16N4OS. The number of nitrogens with one attached hydrogen (secondary N) is 2. The van der Waals surface area contributed by atoms with Crippen LogP contribution >= 0.6 is 11.3 Å². The Morgan fingerprint density at radius 2 is 2.53 bits per heavy atom. The lowest BCUT2D eigenvalue weighted by Gasteiger charge is -2.25. The van der Waals surface area contributed by atoms with Gasteiger partial charge in [-0.25, -0.2) is 0 Å². The van der Waals surface area contributed by atoms with E-state index in [4.69, 9.17) is 0 Å². The van der Waals surface area contributed by atoms with Crippen LogP contribution in [0.25, 0.3) is 0 Å². The van der Waals surface area contributed by atoms with Gasteiger partial charge in [-0.2, -0.15) is 16.4 Å². The minimum atomic E-state index is 0.00528. The van der Waals surface area contributed by atoms with Crippen molar-refractivity contribution >= 4 is 17.2 Å². The van der Waals surface area contributed by atoms with Crippen LogP contribution in [0.15, 0.2) is 29.1 Å². The maximum Gasteiger partial charge on any atom is 0.252 e. The molecule has 6 heteroatoms. The Hall–Kier alpha value is -1.66. The van der Waals surface area contributed by atoms with Crippen LogP contribution < -0.4 is 10.6 Å². The summed E-state index contributed by atoms with van der Waals surface area (Å²) in [6.07, 6.45) is 2.72. The highest BCUT2D eigenvalue weighted by Crippen LogP contribution is 2.16. The molecule has 2 N–H and O–H groups in total. The number of hydrogen-bond donors (Lipinski definition) is 2. The molecule has 0 bridgehead atoms. The average Bonchev–Trinajstić information content (AvgIpc) is 3.10. The van der Waals surface area contributed by atoms with Crippen LogP contribution in [0.5, 0.6) is 0 Å². The molecule has 3 heterocycles. The first-order valence-electron chi connectivity index (χ1n) is 6.38. The summed E-state index contributed by atoms with van der Waals surface area (Å²) in [4.78, 5) is 11.8. The molecule has 0 aliphatic carbocycles. The van der Waals surface area contributed by atoms with E-state index < -0.39 is 0 Å². The first-order chi connectivity index (χ1) is 9.34. The zero-order chi connectivity index (χ0) is 13.1. The first kappa shape index (κ1) is 12.4. The summed E-state index contributed by atoms with van der Waals surface area (Å²) in [6.45, 7) is 2.45. The molecule has 100 valence electrons. The lowest BCUT2D eigenvalue weighted by molar-refractivity contribution is 0.0951. The third kappa shape index (κ3) is 2.69. The third-order valence-corrected chi connectivity index (χ3v) is 4.01. The quantitative estimate of drug-likeness (QED) is 0.887. The number of rotatable bonds is 4. The number of fused-ring (bicyclic) bond motifs is 1. The topological polar surface area (TPSA) is 59.0 Å². The van der Waals surface area contributed by atoms with Crippen molar-refractivity contribution in [3.8, 4) is 0 Å². The molecule has 1 aliphatic rings. The molecule has 1 amide bonds. The molecule has 19 heavy (non-hydrogen) atoms. The van der Waals surface area contributed by atoms with Gasteiger partial charge >= 0.3 is 0 Å². The summed E-state index contributed by atoms with van der Waals surface area (Å²) in [5, 5.41) is 14.5. The number of hydrogen-bond acceptors (Lipinski definition) is 4. The van der Waals surface area contributed by atoms with E-state index in [-0.39, 0.29) is 5.91 Å². The molecular weight excluding hydrogens is 260 g/mol. The molecule has 3 rings (SSSR count). The molecule has 0 saturated carbocycles. The van der Waals surface area contributed by atoms with Gasteiger partial charge < -0.3 is 10.6 Å². The largest absolute Gasteiger partial charge is 0.352 e. The molecule has 1 atom stereocenters. The highest BCUT2D eigenvalue weighted by atomic mass is 32.1. The van der Waals surface area contributed by atoms with E-state index in [1.54, 1.807) is 0 Å². The van der Waals surface area contributed by atoms with Crippen LogP contribution in [0.1, 0.15) is 28.5 Å². The Morgan fingerprint density at radius 3 is 3.37 bits per heavy atom. The fourth-order valence-corrected chi connectivity index (χ4v) is 2.97. The smallest absolute Gasteiger partial charge is 0.252 e. The number of nitrogens with zero attached hydrogens (tertiary/aromatic N) is 2. The maximum absolute atomic E-state index is 11.8. The zero-order valence-electron chi connectivity index (χ0n) is 10.5. The van der Waals surface area contributed by atoms with Crippen molar-refractivity contribution in [1.82, 2.24) is 20.4 Å². The Kier molecular flexibility index (Phi) is 3.61. The fraction of sp³-hybridized carbons (Fsp3) is 0.385. The second kappa shape index (κ2) is 5.54. The van der Waals surface area contributed by atoms with E-state index in [2.05, 4.69) is 20.4 Å². The van der Waals surface area contributed by atoms with Gasteiger partial charge in [-0.05, 0) is 23.9 Å². The summed E-state index contributed by atoms with van der Waals surface area (Å²) in [7, 11) is 0. The third-order valence-electron chi connectivity index (χ3n) is 3.33. The van der Waals surface area contributed by atoms with Crippen LogP contribution in [-0.2, 0) is 6.54 Å². The van der Waals surface area contributed by atoms with Crippen molar-refractivity contribution in [2.24, 2.45) is 0 Å². The maximum atomic E-state index is 11.8. The lowest BCUT2D eigenvalue weighted by atomic mass is 10.1. The summed E-state index contributed by atoms with van der Waals surface area (Å²) in [5.74, 6) is 0.00528. The van der Waals surface area contributed by atoms with Gasteiger partial charge in [-0.15, -0.1) is 0 Å². The number of carbonyl (C=O) groups excluding carboxylic acids is 1. The number of carbonyl (C=O) groups is 1. The molecule has 0 saturated heterocycles. The van der Waals surface area contributed by atoms with E-state index in [1.807, 2.05) is 29.1 Å². The van der Waals surface area contributed by atoms with Gasteiger partial charge in [0.15, 0.2) is 0 Å². The van der Waals surface area contributed by atoms with Crippen LogP contribution in [0.2, 0.25) is 0 Å². The molecule has 0 aromatic carbocycles. The van der Waals surface area contributed by atoms with Crippen LogP contribution in [0.4, 0.5) is 0 Å². The SMILES string of the molecule is O=C(NCC[C@H]1CNCc2ccnn21)c1ccsc1. The first-order valence-corrected chi connectivity index (χ1v) is 7.32. The van der Waals surface area contributed by atoms with Crippen molar-refractivity contribution < 1.29 is 4.79 Å². The molecule has 2 aromatic heterocycles. The second-order valence-electron chi connectivity index (χ2n) is 4.61. The Bertz CT molecular complexity index is 549. The molecule has 0 spiro atoms. The minimum Gasteiger partial charge on any atom is -0.352 e. The average molecular weight is 276 g/mol. The zero-order valence-corrected chi connectivity index (χ0v) is 11.3. The lowest BCUT2D eigenvalue weighted by Crippen LogP contribution is -2.36. The van der Waals surface area contributed by atoms with Gasteiger partial charge in [0.1, 0.15) is 0 Å². The molecule has 2 aromatic rings. The van der Waals surface area contributed by atoms with Gasteiger partial charge in [0.25, 0.3) is 5.91 Å². The summed E-state index contributed by atoms with van der Waals surface area (Å²) < 4.78 is 2.06. The van der Waals surface area contributed by atoms with Gasteiger partial charge in [0.05, 0.1) is 11.7 Å². The molecule has 1 aliphatic heterocycles. The van der Waals surface area contributed by atoms with Crippen molar-refractivity contribution in [3.05, 3.63) is 40.3 Å². The van der Waals surface area contributed by atoms with Crippen LogP contribution in [-0.4, -0.2) is 28.8 Å². The monoisotopic (exact) mass is 276 g/mol. The standard InChI is InChI=1S/C13H16N4OS/c18-13(10-3-6-19-9-10)15-4-1-11-7-14-8-12-2-5-16-17(11)12/h2-3,5-6,9,11,14H,1,4,7-8H2,(H,15,18)/t11-/m0/s1. The Morgan fingerprint density at radius 1 is 1.58 bits per heavy atom. The van der Waals surface area contributed by atoms with E-state index in [9.17, 15) is 4.79 Å². The molecule has 0 fully saturated rings. The second-order valence-corrected chi connectivity index (χ2v) is 5.39. The predicted molar refractivity (Wildman–Crippen MR) is 74.2 cm³/mol. The highest BCUT2D eigenvalue weighted by molar-refractivity contribution is 7.08. The number of aromatic nitrogens is 2. The Balaban J connectivity index is 1.53. The predicted octanol–water partition coefficient (Wildman–Crippen LogP) is 1.41. The van der Waals surface area contributed by atoms with Gasteiger partial charge in [0.2, 0.25) is 0 Å². The normalized spacial score (nSPS) is 18.0. The summed E-state index contributed by atoms with van der Waals surface area (Å²) >= 11 is 1.54. The fourth-order valence-electron chi connectivity index (χ4n) is 2.34. The molecule has 0 unspecified atom stereocenters. The number of thiophene rings is 1. The Labute approximate surface area is 115 Å². The van der Waals surface area contributed by atoms with E-state index in [0.29, 0.717) is 12.6 Å². The van der Waals surface area contributed by atoms with E-state index in [0.717, 1.165) is 25.1 Å². The minimum absolute atomic E-state index is 0.00528. The van der Waals surface area contributed by atoms with Crippen LogP contribution in [0, 0.1) is 0 Å². The van der Waals surface area contributed by atoms with Gasteiger partial charge in [-0.3, -0.25) is 9.48 Å². The van der Waals surface area contributed by atoms with Gasteiger partial charge in [0, 0.05) is 36.8 Å². The number of amides is 1. The van der Waals surface area contributed by atoms with Crippen molar-refractivity contribution in [3.63, 3.8) is 0 Å². The molecule has 5 nitrogen and oxygen atoms in total. The summed E-state index contributed by atoms with van der Waals surface area (Å²) in [6, 6.07) is 4.19. The van der Waals surface area contributed by atoms with E-state index >= 15 is 0 Å². The van der Waals surface area contributed by atoms with Crippen molar-refractivity contribution in [2.75, 3.05) is 13.1 Å². The highest BCUT2D eigenvalue weighted by Gasteiger charge is 2.19.